The molecule has 1 N–H and O–H groups in total. The van der Waals surface area contributed by atoms with Gasteiger partial charge in [-0.15, -0.1) is 0 Å². The van der Waals surface area contributed by atoms with Crippen molar-refractivity contribution in [1.29, 1.82) is 0 Å². The van der Waals surface area contributed by atoms with Crippen LogP contribution < -0.4 is 0 Å². The minimum absolute atomic E-state index is 0.0175. The molecule has 2 rings (SSSR count). The summed E-state index contributed by atoms with van der Waals surface area (Å²) in [5, 5.41) is 8.78. The molecule has 0 aromatic rings. The zero-order valence-corrected chi connectivity index (χ0v) is 12.0. The largest absolute Gasteiger partial charge is 0.479 e. The quantitative estimate of drug-likeness (QED) is 0.812. The lowest BCUT2D eigenvalue weighted by Crippen LogP contribution is -2.39. The van der Waals surface area contributed by atoms with Crippen LogP contribution in [0.15, 0.2) is 0 Å². The normalized spacial score (nSPS) is 33.0. The van der Waals surface area contributed by atoms with Gasteiger partial charge < -0.3 is 10.0 Å². The van der Waals surface area contributed by atoms with Crippen LogP contribution in [0.3, 0.4) is 0 Å². The van der Waals surface area contributed by atoms with Crippen LogP contribution in [0.25, 0.3) is 0 Å². The van der Waals surface area contributed by atoms with Gasteiger partial charge in [0.05, 0.1) is 12.5 Å². The highest BCUT2D eigenvalue weighted by molar-refractivity contribution is 5.82. The van der Waals surface area contributed by atoms with Crippen molar-refractivity contribution in [3.05, 3.63) is 0 Å². The van der Waals surface area contributed by atoms with Gasteiger partial charge in [0.25, 0.3) is 0 Å². The molecule has 2 fully saturated rings. The zero-order chi connectivity index (χ0) is 16.5. The number of hydrogen-bond donors (Lipinski definition) is 1. The van der Waals surface area contributed by atoms with Crippen LogP contribution in [0, 0.1) is 11.8 Å². The molecule has 4 nitrogen and oxygen atoms in total. The van der Waals surface area contributed by atoms with Gasteiger partial charge in [-0.05, 0) is 31.6 Å². The molecule has 1 aliphatic carbocycles. The summed E-state index contributed by atoms with van der Waals surface area (Å²) in [4.78, 5) is 24.0. The Hall–Kier alpha value is -1.34. The number of carbonyl (C=O) groups is 2. The van der Waals surface area contributed by atoms with E-state index in [0.717, 1.165) is 0 Å². The summed E-state index contributed by atoms with van der Waals surface area (Å²) >= 11 is 0. The van der Waals surface area contributed by atoms with Crippen molar-refractivity contribution >= 4 is 11.9 Å². The zero-order valence-electron chi connectivity index (χ0n) is 12.0. The second-order valence-electron chi connectivity index (χ2n) is 6.30. The third kappa shape index (κ3) is 3.70. The highest BCUT2D eigenvalue weighted by Crippen LogP contribution is 2.40. The number of amides is 1. The summed E-state index contributed by atoms with van der Waals surface area (Å²) < 4.78 is 51.6. The van der Waals surface area contributed by atoms with Crippen LogP contribution in [-0.2, 0) is 9.59 Å². The molecule has 1 saturated carbocycles. The number of alkyl halides is 4. The summed E-state index contributed by atoms with van der Waals surface area (Å²) in [7, 11) is 0. The first-order valence-electron chi connectivity index (χ1n) is 7.38. The first-order chi connectivity index (χ1) is 10.1. The van der Waals surface area contributed by atoms with Gasteiger partial charge in [-0.2, -0.15) is 13.2 Å². The molecule has 1 amide bonds. The molecule has 0 aromatic carbocycles. The monoisotopic (exact) mass is 325 g/mol. The fourth-order valence-electron chi connectivity index (χ4n) is 3.23. The molecular formula is C14H19F4NO3. The fraction of sp³-hybridized carbons (Fsp3) is 0.857. The lowest BCUT2D eigenvalue weighted by molar-refractivity contribution is -0.184. The van der Waals surface area contributed by atoms with E-state index in [-0.39, 0.29) is 44.1 Å². The first-order valence-corrected chi connectivity index (χ1v) is 7.38. The predicted molar refractivity (Wildman–Crippen MR) is 68.8 cm³/mol. The average molecular weight is 325 g/mol. The average Bonchev–Trinajstić information content (AvgIpc) is 2.82. The fourth-order valence-corrected chi connectivity index (χ4v) is 3.23. The predicted octanol–water partition coefficient (Wildman–Crippen LogP) is 2.77. The Labute approximate surface area is 125 Å². The van der Waals surface area contributed by atoms with Crippen LogP contribution in [-0.4, -0.2) is 46.8 Å². The maximum Gasteiger partial charge on any atom is 0.391 e. The maximum absolute atomic E-state index is 13.9. The van der Waals surface area contributed by atoms with Gasteiger partial charge in [0, 0.05) is 19.4 Å². The highest BCUT2D eigenvalue weighted by atomic mass is 19.4. The van der Waals surface area contributed by atoms with Gasteiger partial charge in [-0.25, -0.2) is 9.18 Å². The Bertz CT molecular complexity index is 446. The van der Waals surface area contributed by atoms with Crippen molar-refractivity contribution in [2.24, 2.45) is 11.8 Å². The van der Waals surface area contributed by atoms with Crippen molar-refractivity contribution in [2.75, 3.05) is 13.1 Å². The number of carboxylic acids is 1. The number of carbonyl (C=O) groups excluding carboxylic acids is 1. The Morgan fingerprint density at radius 1 is 1.18 bits per heavy atom. The first kappa shape index (κ1) is 17.0. The number of halogens is 4. The number of aliphatic carboxylic acids is 1. The molecule has 1 saturated heterocycles. The second kappa shape index (κ2) is 6.04. The minimum Gasteiger partial charge on any atom is -0.479 e. The van der Waals surface area contributed by atoms with Gasteiger partial charge >= 0.3 is 12.1 Å². The third-order valence-corrected chi connectivity index (χ3v) is 4.73. The topological polar surface area (TPSA) is 57.6 Å². The Morgan fingerprint density at radius 2 is 1.77 bits per heavy atom. The molecule has 0 bridgehead atoms. The van der Waals surface area contributed by atoms with Gasteiger partial charge in [0.2, 0.25) is 11.6 Å². The number of nitrogens with zero attached hydrogens (tertiary/aromatic N) is 1. The van der Waals surface area contributed by atoms with E-state index in [1.165, 1.54) is 4.90 Å². The molecule has 1 unspecified atom stereocenters. The molecule has 1 atom stereocenters. The maximum atomic E-state index is 13.9. The summed E-state index contributed by atoms with van der Waals surface area (Å²) in [6.07, 6.45) is -3.67. The summed E-state index contributed by atoms with van der Waals surface area (Å²) in [5.41, 5.74) is -2.40. The van der Waals surface area contributed by atoms with Crippen molar-refractivity contribution in [2.45, 2.75) is 50.4 Å². The summed E-state index contributed by atoms with van der Waals surface area (Å²) in [6.45, 7) is -0.432. The molecule has 0 radical (unpaired) electrons. The van der Waals surface area contributed by atoms with E-state index in [2.05, 4.69) is 0 Å². The molecule has 1 aliphatic heterocycles. The Morgan fingerprint density at radius 3 is 2.23 bits per heavy atom. The van der Waals surface area contributed by atoms with Crippen molar-refractivity contribution in [3.8, 4) is 0 Å². The number of rotatable bonds is 3. The van der Waals surface area contributed by atoms with Crippen molar-refractivity contribution < 1.29 is 32.3 Å². The van der Waals surface area contributed by atoms with E-state index >= 15 is 0 Å². The van der Waals surface area contributed by atoms with Crippen LogP contribution >= 0.6 is 0 Å². The van der Waals surface area contributed by atoms with Crippen LogP contribution in [0.2, 0.25) is 0 Å². The second-order valence-corrected chi connectivity index (χ2v) is 6.30. The van der Waals surface area contributed by atoms with E-state index in [1.54, 1.807) is 0 Å². The van der Waals surface area contributed by atoms with E-state index < -0.39 is 30.3 Å². The molecular weight excluding hydrogens is 306 g/mol. The minimum atomic E-state index is -4.18. The number of likely N-dealkylation sites (tertiary alicyclic amines) is 1. The lowest BCUT2D eigenvalue weighted by Gasteiger charge is -2.30. The van der Waals surface area contributed by atoms with Crippen molar-refractivity contribution in [3.63, 3.8) is 0 Å². The molecule has 1 heterocycles. The Kier molecular flexibility index (Phi) is 4.67. The van der Waals surface area contributed by atoms with Crippen LogP contribution in [0.5, 0.6) is 0 Å². The van der Waals surface area contributed by atoms with Crippen LogP contribution in [0.4, 0.5) is 17.6 Å². The van der Waals surface area contributed by atoms with Gasteiger partial charge in [-0.1, -0.05) is 0 Å². The smallest absolute Gasteiger partial charge is 0.391 e. The van der Waals surface area contributed by atoms with Gasteiger partial charge in [0.15, 0.2) is 0 Å². The summed E-state index contributed by atoms with van der Waals surface area (Å²) in [5.74, 6) is -3.37. The van der Waals surface area contributed by atoms with E-state index in [4.69, 9.17) is 5.11 Å². The molecule has 126 valence electrons. The molecule has 8 heteroatoms. The Balaban J connectivity index is 1.81. The highest BCUT2D eigenvalue weighted by Gasteiger charge is 2.47. The van der Waals surface area contributed by atoms with Crippen LogP contribution in [0.1, 0.15) is 38.5 Å². The molecule has 22 heavy (non-hydrogen) atoms. The van der Waals surface area contributed by atoms with E-state index in [1.807, 2.05) is 0 Å². The molecule has 2 aliphatic rings. The van der Waals surface area contributed by atoms with Gasteiger partial charge in [-0.3, -0.25) is 4.79 Å². The standard InChI is InChI=1S/C14H19F4NO3/c15-13(12(21)22)5-6-19(8-13)11(20)7-9-1-3-10(4-2-9)14(16,17)18/h9-10H,1-8H2,(H,21,22). The number of hydrogen-bond acceptors (Lipinski definition) is 2. The number of carboxylic acid groups (broad SMARTS) is 1. The summed E-state index contributed by atoms with van der Waals surface area (Å²) in [6, 6.07) is 0. The van der Waals surface area contributed by atoms with Crippen molar-refractivity contribution in [1.82, 2.24) is 4.90 Å². The van der Waals surface area contributed by atoms with E-state index in [9.17, 15) is 27.2 Å². The third-order valence-electron chi connectivity index (χ3n) is 4.73. The molecule has 0 spiro atoms. The SMILES string of the molecule is O=C(CC1CCC(C(F)(F)F)CC1)N1CCC(F)(C(=O)O)C1. The van der Waals surface area contributed by atoms with Gasteiger partial charge in [0.1, 0.15) is 0 Å². The van der Waals surface area contributed by atoms with E-state index in [0.29, 0.717) is 12.8 Å². The molecule has 0 aromatic heterocycles. The lowest BCUT2D eigenvalue weighted by atomic mass is 9.80.